The predicted octanol–water partition coefficient (Wildman–Crippen LogP) is 1.29. The van der Waals surface area contributed by atoms with E-state index in [2.05, 4.69) is 11.6 Å². The van der Waals surface area contributed by atoms with Crippen molar-refractivity contribution in [3.63, 3.8) is 0 Å². The zero-order valence-electron chi connectivity index (χ0n) is 4.76. The van der Waals surface area contributed by atoms with Gasteiger partial charge in [-0.25, -0.2) is 4.79 Å². The van der Waals surface area contributed by atoms with Crippen LogP contribution in [0.2, 0.25) is 0 Å². The highest BCUT2D eigenvalue weighted by Gasteiger charge is 1.71. The summed E-state index contributed by atoms with van der Waals surface area (Å²) in [5, 5.41) is 15.2. The summed E-state index contributed by atoms with van der Waals surface area (Å²) in [5.74, 6) is 0. The van der Waals surface area contributed by atoms with Gasteiger partial charge in [-0.3, -0.25) is 0 Å². The lowest BCUT2D eigenvalue weighted by atomic mass is 10.5. The Kier molecular flexibility index (Phi) is 8.95. The van der Waals surface area contributed by atoms with Crippen LogP contribution in [-0.4, -0.2) is 21.7 Å². The lowest BCUT2D eigenvalue weighted by Gasteiger charge is -1.80. The fourth-order valence-corrected chi connectivity index (χ4v) is 0. The minimum Gasteiger partial charge on any atom is -0.469 e. The minimum absolute atomic E-state index is 0.167. The van der Waals surface area contributed by atoms with Gasteiger partial charge in [-0.2, -0.15) is 0 Å². The van der Waals surface area contributed by atoms with Crippen molar-refractivity contribution in [2.75, 3.05) is 0 Å². The largest absolute Gasteiger partial charge is 0.469 e. The molecule has 0 heterocycles. The second kappa shape index (κ2) is 6.72. The van der Waals surface area contributed by atoms with Gasteiger partial charge in [0.05, 0.1) is 0 Å². The third kappa shape index (κ3) is 1630. The number of aliphatic hydroxyl groups excluding tert-OH is 1. The molecule has 2 N–H and O–H groups in total. The van der Waals surface area contributed by atoms with Gasteiger partial charge in [0, 0.05) is 17.7 Å². The van der Waals surface area contributed by atoms with Crippen LogP contribution in [0.5, 0.6) is 0 Å². The van der Waals surface area contributed by atoms with Crippen molar-refractivity contribution in [3.05, 3.63) is 0 Å². The van der Waals surface area contributed by atoms with Gasteiger partial charge in [0.15, 0.2) is 0 Å². The molecule has 0 saturated carbocycles. The van der Waals surface area contributed by atoms with E-state index in [-0.39, 0.29) is 6.10 Å². The van der Waals surface area contributed by atoms with Gasteiger partial charge in [0.25, 0.3) is 0 Å². The molecule has 0 saturated heterocycles. The van der Waals surface area contributed by atoms with Gasteiger partial charge in [0.2, 0.25) is 0 Å². The van der Waals surface area contributed by atoms with Gasteiger partial charge < -0.3 is 10.2 Å². The lowest BCUT2D eigenvalue weighted by Crippen LogP contribution is -1.85. The van der Waals surface area contributed by atoms with Crippen molar-refractivity contribution in [2.24, 2.45) is 0 Å². The van der Waals surface area contributed by atoms with E-state index in [9.17, 15) is 0 Å². The minimum atomic E-state index is -1.36. The summed E-state index contributed by atoms with van der Waals surface area (Å²) in [6.45, 7) is 3.44. The summed E-state index contributed by atoms with van der Waals surface area (Å²) in [6, 6.07) is 0. The van der Waals surface area contributed by atoms with Crippen molar-refractivity contribution in [3.8, 4) is 0 Å². The smallest absolute Gasteiger partial charge is 0.401 e. The van der Waals surface area contributed by atoms with E-state index in [1.165, 1.54) is 0 Å². The Balaban J connectivity index is 0. The summed E-state index contributed by atoms with van der Waals surface area (Å²) < 4.78 is 0. The SMILES string of the molecule is CC(C)O.O=C(O)Cl. The second-order valence-electron chi connectivity index (χ2n) is 1.35. The second-order valence-corrected chi connectivity index (χ2v) is 1.67. The Morgan fingerprint density at radius 3 is 1.62 bits per heavy atom. The number of halogens is 1. The molecule has 0 radical (unpaired) electrons. The zero-order chi connectivity index (χ0) is 7.15. The first-order valence-corrected chi connectivity index (χ1v) is 2.41. The van der Waals surface area contributed by atoms with Crippen molar-refractivity contribution < 1.29 is 15.0 Å². The van der Waals surface area contributed by atoms with Crippen LogP contribution in [-0.2, 0) is 0 Å². The molecule has 0 spiro atoms. The average molecular weight is 141 g/mol. The first kappa shape index (κ1) is 10.7. The Labute approximate surface area is 52.9 Å². The summed E-state index contributed by atoms with van der Waals surface area (Å²) in [4.78, 5) is 8.77. The predicted molar refractivity (Wildman–Crippen MR) is 31.2 cm³/mol. The van der Waals surface area contributed by atoms with Gasteiger partial charge in [-0.1, -0.05) is 0 Å². The van der Waals surface area contributed by atoms with Gasteiger partial charge in [-0.15, -0.1) is 0 Å². The quantitative estimate of drug-likeness (QED) is 0.499. The molecule has 0 aliphatic heterocycles. The van der Waals surface area contributed by atoms with Gasteiger partial charge >= 0.3 is 5.43 Å². The van der Waals surface area contributed by atoms with E-state index in [0.717, 1.165) is 0 Å². The van der Waals surface area contributed by atoms with Crippen molar-refractivity contribution >= 4 is 17.0 Å². The Hall–Kier alpha value is -0.280. The summed E-state index contributed by atoms with van der Waals surface area (Å²) in [5.41, 5.74) is -1.36. The maximum atomic E-state index is 8.77. The summed E-state index contributed by atoms with van der Waals surface area (Å²) in [6.07, 6.45) is -0.167. The molecule has 0 atom stereocenters. The monoisotopic (exact) mass is 140 g/mol. The van der Waals surface area contributed by atoms with Crippen LogP contribution >= 0.6 is 11.6 Å². The summed E-state index contributed by atoms with van der Waals surface area (Å²) in [7, 11) is 0. The molecule has 3 nitrogen and oxygen atoms in total. The highest BCUT2D eigenvalue weighted by Crippen LogP contribution is 1.67. The molecule has 0 aromatic heterocycles. The van der Waals surface area contributed by atoms with E-state index < -0.39 is 5.43 Å². The Bertz CT molecular complexity index is 55.5. The lowest BCUT2D eigenvalue weighted by molar-refractivity contribution is 0.215. The van der Waals surface area contributed by atoms with Crippen LogP contribution in [0.4, 0.5) is 4.79 Å². The number of carboxylic acid groups (broad SMARTS) is 1. The van der Waals surface area contributed by atoms with Gasteiger partial charge in [-0.05, 0) is 13.8 Å². The molecule has 0 bridgehead atoms. The number of hydrogen-bond acceptors (Lipinski definition) is 2. The van der Waals surface area contributed by atoms with Gasteiger partial charge in [0.1, 0.15) is 0 Å². The van der Waals surface area contributed by atoms with E-state index >= 15 is 0 Å². The topological polar surface area (TPSA) is 57.5 Å². The molecule has 50 valence electrons. The zero-order valence-corrected chi connectivity index (χ0v) is 5.51. The molecule has 0 amide bonds. The number of aliphatic hydroxyl groups is 1. The Morgan fingerprint density at radius 2 is 1.62 bits per heavy atom. The van der Waals surface area contributed by atoms with Crippen LogP contribution < -0.4 is 0 Å². The molecule has 0 aliphatic carbocycles. The standard InChI is InChI=1S/C3H8O.CHClO2/c1-3(2)4;2-1(3)4/h3-4H,1-2H3;(H,3,4). The van der Waals surface area contributed by atoms with Crippen molar-refractivity contribution in [1.82, 2.24) is 0 Å². The van der Waals surface area contributed by atoms with E-state index in [4.69, 9.17) is 15.0 Å². The molecule has 0 aromatic rings. The molecule has 0 fully saturated rings. The Morgan fingerprint density at radius 1 is 1.62 bits per heavy atom. The molecule has 0 aromatic carbocycles. The normalized spacial score (nSPS) is 7.62. The maximum absolute atomic E-state index is 8.77. The van der Waals surface area contributed by atoms with Crippen molar-refractivity contribution in [2.45, 2.75) is 20.0 Å². The van der Waals surface area contributed by atoms with Crippen LogP contribution in [0.25, 0.3) is 0 Å². The fourth-order valence-electron chi connectivity index (χ4n) is 0. The van der Waals surface area contributed by atoms with Crippen LogP contribution in [0, 0.1) is 0 Å². The highest BCUT2D eigenvalue weighted by molar-refractivity contribution is 6.60. The van der Waals surface area contributed by atoms with E-state index in [1.807, 2.05) is 0 Å². The number of carbonyl (C=O) groups is 1. The molecule has 8 heavy (non-hydrogen) atoms. The molecule has 0 aliphatic rings. The highest BCUT2D eigenvalue weighted by atomic mass is 35.5. The van der Waals surface area contributed by atoms with E-state index in [1.54, 1.807) is 13.8 Å². The summed E-state index contributed by atoms with van der Waals surface area (Å²) >= 11 is 4.19. The number of rotatable bonds is 0. The van der Waals surface area contributed by atoms with E-state index in [0.29, 0.717) is 0 Å². The first-order chi connectivity index (χ1) is 3.46. The fraction of sp³-hybridized carbons (Fsp3) is 0.750. The van der Waals surface area contributed by atoms with Crippen LogP contribution in [0.1, 0.15) is 13.8 Å². The average Bonchev–Trinajstić information content (AvgIpc) is 1.25. The molecular formula is C4H9ClO3. The number of hydrogen-bond donors (Lipinski definition) is 2. The third-order valence-corrected chi connectivity index (χ3v) is 0. The van der Waals surface area contributed by atoms with Crippen LogP contribution in [0.15, 0.2) is 0 Å². The molecule has 4 heteroatoms. The maximum Gasteiger partial charge on any atom is 0.401 e. The van der Waals surface area contributed by atoms with Crippen LogP contribution in [0.3, 0.4) is 0 Å². The molecule has 0 unspecified atom stereocenters. The third-order valence-electron chi connectivity index (χ3n) is 0. The van der Waals surface area contributed by atoms with Crippen molar-refractivity contribution in [1.29, 1.82) is 0 Å². The molecule has 0 rings (SSSR count). The molecular weight excluding hydrogens is 131 g/mol. The first-order valence-electron chi connectivity index (χ1n) is 2.03.